The number of ether oxygens (including phenoxy) is 1. The van der Waals surface area contributed by atoms with E-state index in [2.05, 4.69) is 14.5 Å². The van der Waals surface area contributed by atoms with E-state index in [0.717, 1.165) is 11.3 Å². The smallest absolute Gasteiger partial charge is 0.406 e. The third-order valence-corrected chi connectivity index (χ3v) is 6.94. The highest BCUT2D eigenvalue weighted by Crippen LogP contribution is 2.27. The summed E-state index contributed by atoms with van der Waals surface area (Å²) in [6.07, 6.45) is -4.34. The van der Waals surface area contributed by atoms with Gasteiger partial charge >= 0.3 is 6.36 Å². The molecule has 1 N–H and O–H groups in total. The molecule has 3 aromatic rings. The Kier molecular flexibility index (Phi) is 8.05. The summed E-state index contributed by atoms with van der Waals surface area (Å²) in [4.78, 5) is 11.3. The lowest BCUT2D eigenvalue weighted by molar-refractivity contribution is -0.274. The van der Waals surface area contributed by atoms with Crippen molar-refractivity contribution < 1.29 is 31.1 Å². The van der Waals surface area contributed by atoms with Gasteiger partial charge in [0.2, 0.25) is 10.7 Å². The molecule has 0 bridgehead atoms. The molecule has 0 spiro atoms. The fraction of sp³-hybridized carbons (Fsp3) is 0.238. The minimum atomic E-state index is -4.81. The highest BCUT2D eigenvalue weighted by Gasteiger charge is 2.31. The molecule has 182 valence electrons. The first-order valence-corrected chi connectivity index (χ1v) is 12.5. The molecular weight excluding hydrogens is 515 g/mol. The molecule has 0 aliphatic carbocycles. The van der Waals surface area contributed by atoms with Crippen LogP contribution >= 0.6 is 22.9 Å². The number of nitrogens with zero attached hydrogens (tertiary/aromatic N) is 2. The van der Waals surface area contributed by atoms with Crippen LogP contribution in [-0.4, -0.2) is 31.8 Å². The lowest BCUT2D eigenvalue weighted by Crippen LogP contribution is -2.24. The van der Waals surface area contributed by atoms with Crippen molar-refractivity contribution in [2.75, 3.05) is 6.54 Å². The van der Waals surface area contributed by atoms with Gasteiger partial charge in [-0.2, -0.15) is 8.42 Å². The zero-order valence-corrected chi connectivity index (χ0v) is 20.1. The highest BCUT2D eigenvalue weighted by atomic mass is 35.5. The monoisotopic (exact) mass is 533 g/mol. The number of carbonyl (C=O) groups excluding carboxylic acids is 1. The van der Waals surface area contributed by atoms with Crippen molar-refractivity contribution in [3.05, 3.63) is 63.7 Å². The second-order valence-electron chi connectivity index (χ2n) is 6.98. The molecule has 7 nitrogen and oxygen atoms in total. The van der Waals surface area contributed by atoms with Gasteiger partial charge in [-0.1, -0.05) is 11.6 Å². The van der Waals surface area contributed by atoms with Gasteiger partial charge in [-0.05, 0) is 60.5 Å². The number of benzene rings is 2. The Balaban J connectivity index is 1.99. The van der Waals surface area contributed by atoms with E-state index in [1.807, 2.05) is 0 Å². The maximum atomic E-state index is 12.8. The zero-order valence-electron chi connectivity index (χ0n) is 17.7. The van der Waals surface area contributed by atoms with Crippen LogP contribution in [0.3, 0.4) is 0 Å². The second kappa shape index (κ2) is 10.6. The molecule has 0 aliphatic rings. The Morgan fingerprint density at radius 3 is 2.38 bits per heavy atom. The molecule has 3 rings (SSSR count). The molecule has 0 fully saturated rings. The van der Waals surface area contributed by atoms with E-state index in [1.54, 1.807) is 9.95 Å². The predicted octanol–water partition coefficient (Wildman–Crippen LogP) is 4.58. The molecule has 2 aromatic carbocycles. The Morgan fingerprint density at radius 1 is 1.15 bits per heavy atom. The van der Waals surface area contributed by atoms with Crippen molar-refractivity contribution in [3.8, 4) is 17.0 Å². The van der Waals surface area contributed by atoms with E-state index in [0.29, 0.717) is 35.8 Å². The number of alkyl halides is 3. The van der Waals surface area contributed by atoms with Gasteiger partial charge < -0.3 is 14.6 Å². The minimum absolute atomic E-state index is 0.0368. The molecular formula is C21H19ClF3N3O4S2. The normalized spacial score (nSPS) is 12.6. The van der Waals surface area contributed by atoms with Crippen molar-refractivity contribution in [2.45, 2.75) is 31.1 Å². The Labute approximate surface area is 202 Å². The average molecular weight is 534 g/mol. The number of sulfonamides is 1. The molecule has 0 aliphatic heterocycles. The highest BCUT2D eigenvalue weighted by molar-refractivity contribution is 7.90. The van der Waals surface area contributed by atoms with Crippen LogP contribution in [-0.2, 0) is 21.4 Å². The molecule has 0 unspecified atom stereocenters. The maximum Gasteiger partial charge on any atom is 0.573 e. The lowest BCUT2D eigenvalue weighted by atomic mass is 10.1. The minimum Gasteiger partial charge on any atom is -0.406 e. The molecule has 13 heteroatoms. The SMILES string of the molecule is CC(=O)NCCCn1c(-c2ccc(OC(F)(F)F)cc2)cs/c1=N\S(=O)(=O)c1ccc(Cl)cc1. The van der Waals surface area contributed by atoms with E-state index >= 15 is 0 Å². The van der Waals surface area contributed by atoms with Gasteiger partial charge in [0.1, 0.15) is 5.75 Å². The van der Waals surface area contributed by atoms with Crippen molar-refractivity contribution in [3.63, 3.8) is 0 Å². The van der Waals surface area contributed by atoms with Crippen LogP contribution in [0.1, 0.15) is 13.3 Å². The van der Waals surface area contributed by atoms with Crippen molar-refractivity contribution in [1.82, 2.24) is 9.88 Å². The van der Waals surface area contributed by atoms with Gasteiger partial charge in [0.05, 0.1) is 10.6 Å². The number of hydrogen-bond donors (Lipinski definition) is 1. The van der Waals surface area contributed by atoms with Crippen LogP contribution in [0.15, 0.2) is 63.2 Å². The number of thiazole rings is 1. The first kappa shape index (κ1) is 25.8. The number of amides is 1. The summed E-state index contributed by atoms with van der Waals surface area (Å²) < 4.78 is 72.5. The topological polar surface area (TPSA) is 89.8 Å². The second-order valence-corrected chi connectivity index (χ2v) is 9.86. The number of hydrogen-bond acceptors (Lipinski definition) is 5. The number of carbonyl (C=O) groups is 1. The first-order valence-electron chi connectivity index (χ1n) is 9.80. The van der Waals surface area contributed by atoms with Gasteiger partial charge in [0, 0.05) is 30.4 Å². The summed E-state index contributed by atoms with van der Waals surface area (Å²) >= 11 is 6.90. The first-order chi connectivity index (χ1) is 15.9. The number of aromatic nitrogens is 1. The van der Waals surface area contributed by atoms with Gasteiger partial charge in [0.25, 0.3) is 10.0 Å². The Morgan fingerprint density at radius 2 is 1.79 bits per heavy atom. The van der Waals surface area contributed by atoms with E-state index in [-0.39, 0.29) is 21.4 Å². The van der Waals surface area contributed by atoms with Gasteiger partial charge in [-0.15, -0.1) is 28.9 Å². The molecule has 1 amide bonds. The van der Waals surface area contributed by atoms with Crippen LogP contribution < -0.4 is 14.9 Å². The van der Waals surface area contributed by atoms with Gasteiger partial charge in [-0.25, -0.2) is 0 Å². The van der Waals surface area contributed by atoms with Crippen LogP contribution in [0.5, 0.6) is 5.75 Å². The summed E-state index contributed by atoms with van der Waals surface area (Å²) in [6.45, 7) is 2.03. The summed E-state index contributed by atoms with van der Waals surface area (Å²) in [6, 6.07) is 10.8. The van der Waals surface area contributed by atoms with Gasteiger partial charge in [-0.3, -0.25) is 4.79 Å². The Hall–Kier alpha value is -2.83. The van der Waals surface area contributed by atoms with Crippen LogP contribution in [0, 0.1) is 0 Å². The number of nitrogens with one attached hydrogen (secondary N) is 1. The summed E-state index contributed by atoms with van der Waals surface area (Å²) in [5.74, 6) is -0.579. The molecule has 0 radical (unpaired) electrons. The van der Waals surface area contributed by atoms with Crippen LogP contribution in [0.2, 0.25) is 5.02 Å². The Bertz CT molecular complexity index is 1320. The summed E-state index contributed by atoms with van der Waals surface area (Å²) in [5.41, 5.74) is 1.09. The maximum absolute atomic E-state index is 12.8. The fourth-order valence-corrected chi connectivity index (χ4v) is 5.22. The summed E-state index contributed by atoms with van der Waals surface area (Å²) in [5, 5.41) is 4.70. The van der Waals surface area contributed by atoms with Gasteiger partial charge in [0.15, 0.2) is 0 Å². The quantitative estimate of drug-likeness (QED) is 0.429. The zero-order chi connectivity index (χ0) is 24.9. The molecule has 1 heterocycles. The number of halogens is 4. The molecule has 1 aromatic heterocycles. The molecule has 0 saturated carbocycles. The van der Waals surface area contributed by atoms with Crippen molar-refractivity contribution >= 4 is 38.9 Å². The third-order valence-electron chi connectivity index (χ3n) is 4.42. The predicted molar refractivity (Wildman–Crippen MR) is 122 cm³/mol. The fourth-order valence-electron chi connectivity index (χ4n) is 2.94. The average Bonchev–Trinajstić information content (AvgIpc) is 3.12. The lowest BCUT2D eigenvalue weighted by Gasteiger charge is -2.11. The van der Waals surface area contributed by atoms with E-state index in [4.69, 9.17) is 11.6 Å². The van der Waals surface area contributed by atoms with Crippen LogP contribution in [0.25, 0.3) is 11.3 Å². The molecule has 34 heavy (non-hydrogen) atoms. The molecule has 0 atom stereocenters. The van der Waals surface area contributed by atoms with Crippen molar-refractivity contribution in [2.24, 2.45) is 4.40 Å². The molecule has 0 saturated heterocycles. The van der Waals surface area contributed by atoms with Crippen molar-refractivity contribution in [1.29, 1.82) is 0 Å². The van der Waals surface area contributed by atoms with E-state index in [9.17, 15) is 26.4 Å². The van der Waals surface area contributed by atoms with Crippen LogP contribution in [0.4, 0.5) is 13.2 Å². The number of rotatable bonds is 8. The standard InChI is InChI=1S/C21H19ClF3N3O4S2/c1-14(29)26-11-2-12-28-19(15-3-7-17(8-4-15)32-21(23,24)25)13-33-20(28)27-34(30,31)18-9-5-16(22)6-10-18/h3-10,13H,2,11-12H2,1H3,(H,26,29)/b27-20-. The largest absolute Gasteiger partial charge is 0.573 e. The van der Waals surface area contributed by atoms with E-state index in [1.165, 1.54) is 55.5 Å². The van der Waals surface area contributed by atoms with E-state index < -0.39 is 16.4 Å². The summed E-state index contributed by atoms with van der Waals surface area (Å²) in [7, 11) is -4.05. The third kappa shape index (κ3) is 7.08.